The zero-order valence-corrected chi connectivity index (χ0v) is 13.2. The van der Waals surface area contributed by atoms with E-state index < -0.39 is 10.9 Å². The van der Waals surface area contributed by atoms with Gasteiger partial charge in [-0.05, 0) is 24.3 Å². The van der Waals surface area contributed by atoms with Gasteiger partial charge in [-0.15, -0.1) is 11.3 Å². The minimum Gasteiger partial charge on any atom is -0.455 e. The second kappa shape index (κ2) is 7.01. The van der Waals surface area contributed by atoms with Crippen molar-refractivity contribution in [2.45, 2.75) is 6.61 Å². The lowest BCUT2D eigenvalue weighted by Crippen LogP contribution is -2.00. The molecule has 24 heavy (non-hydrogen) atoms. The quantitative estimate of drug-likeness (QED) is 0.304. The zero-order chi connectivity index (χ0) is 16.9. The number of nitro groups is 1. The average Bonchev–Trinajstić information content (AvgIpc) is 3.01. The summed E-state index contributed by atoms with van der Waals surface area (Å²) in [6.45, 7) is 0.0689. The summed E-state index contributed by atoms with van der Waals surface area (Å²) in [6, 6.07) is 13.8. The van der Waals surface area contributed by atoms with Gasteiger partial charge in [0.15, 0.2) is 0 Å². The third-order valence-electron chi connectivity index (χ3n) is 3.21. The van der Waals surface area contributed by atoms with Crippen molar-refractivity contribution in [3.63, 3.8) is 0 Å². The van der Waals surface area contributed by atoms with E-state index in [1.54, 1.807) is 18.2 Å². The van der Waals surface area contributed by atoms with Crippen LogP contribution in [0, 0.1) is 10.1 Å². The lowest BCUT2D eigenvalue weighted by molar-refractivity contribution is -0.385. The number of hydrogen-bond acceptors (Lipinski definition) is 6. The van der Waals surface area contributed by atoms with Crippen LogP contribution in [0.5, 0.6) is 0 Å². The molecule has 0 unspecified atom stereocenters. The molecule has 120 valence electrons. The minimum absolute atomic E-state index is 0.0623. The van der Waals surface area contributed by atoms with E-state index in [4.69, 9.17) is 4.74 Å². The van der Waals surface area contributed by atoms with Gasteiger partial charge in [0.2, 0.25) is 0 Å². The molecular weight excluding hydrogens is 328 g/mol. The molecular formula is C17H12N2O4S. The standard InChI is InChI=1S/C17H12N2O4S/c20-17(10-9-12-5-1-3-7-14(12)19(21)22)23-11-16-18-13-6-2-4-8-15(13)24-16/h1-10H,11H2. The molecule has 0 aliphatic heterocycles. The molecule has 0 bridgehead atoms. The molecule has 1 heterocycles. The van der Waals surface area contributed by atoms with Crippen molar-refractivity contribution in [1.82, 2.24) is 4.98 Å². The number of ether oxygens (including phenoxy) is 1. The molecule has 1 aromatic heterocycles. The van der Waals surface area contributed by atoms with Crippen LogP contribution in [0.25, 0.3) is 16.3 Å². The first-order chi connectivity index (χ1) is 11.6. The average molecular weight is 340 g/mol. The van der Waals surface area contributed by atoms with Gasteiger partial charge in [0.25, 0.3) is 5.69 Å². The van der Waals surface area contributed by atoms with Gasteiger partial charge in [-0.2, -0.15) is 0 Å². The normalized spacial score (nSPS) is 11.0. The molecule has 3 aromatic rings. The molecule has 0 atom stereocenters. The fourth-order valence-electron chi connectivity index (χ4n) is 2.12. The van der Waals surface area contributed by atoms with Crippen molar-refractivity contribution in [2.24, 2.45) is 0 Å². The Morgan fingerprint density at radius 2 is 1.96 bits per heavy atom. The SMILES string of the molecule is O=C(C=Cc1ccccc1[N+](=O)[O-])OCc1nc2ccccc2s1. The number of benzene rings is 2. The van der Waals surface area contributed by atoms with E-state index in [0.717, 1.165) is 10.2 Å². The Hall–Kier alpha value is -3.06. The summed E-state index contributed by atoms with van der Waals surface area (Å²) in [5.41, 5.74) is 1.15. The van der Waals surface area contributed by atoms with Gasteiger partial charge in [0.1, 0.15) is 11.6 Å². The van der Waals surface area contributed by atoms with E-state index in [1.165, 1.54) is 29.6 Å². The minimum atomic E-state index is -0.576. The van der Waals surface area contributed by atoms with E-state index in [0.29, 0.717) is 10.6 Å². The van der Waals surface area contributed by atoms with Crippen LogP contribution in [0.3, 0.4) is 0 Å². The number of nitrogens with zero attached hydrogens (tertiary/aromatic N) is 2. The second-order valence-corrected chi connectivity index (χ2v) is 5.95. The summed E-state index contributed by atoms with van der Waals surface area (Å²) in [7, 11) is 0. The smallest absolute Gasteiger partial charge is 0.331 e. The Balaban J connectivity index is 1.64. The molecule has 7 heteroatoms. The van der Waals surface area contributed by atoms with Gasteiger partial charge in [-0.25, -0.2) is 9.78 Å². The van der Waals surface area contributed by atoms with E-state index in [9.17, 15) is 14.9 Å². The Labute approximate surface area is 141 Å². The van der Waals surface area contributed by atoms with Crippen LogP contribution in [0.2, 0.25) is 0 Å². The monoisotopic (exact) mass is 340 g/mol. The highest BCUT2D eigenvalue weighted by Crippen LogP contribution is 2.22. The lowest BCUT2D eigenvalue weighted by atomic mass is 10.1. The van der Waals surface area contributed by atoms with E-state index in [-0.39, 0.29) is 12.3 Å². The summed E-state index contributed by atoms with van der Waals surface area (Å²) in [5, 5.41) is 11.6. The van der Waals surface area contributed by atoms with Crippen LogP contribution >= 0.6 is 11.3 Å². The number of nitro benzene ring substituents is 1. The fraction of sp³-hybridized carbons (Fsp3) is 0.0588. The van der Waals surface area contributed by atoms with E-state index >= 15 is 0 Å². The number of esters is 1. The molecule has 0 amide bonds. The van der Waals surface area contributed by atoms with Crippen LogP contribution in [-0.4, -0.2) is 15.9 Å². The number of aromatic nitrogens is 1. The highest BCUT2D eigenvalue weighted by molar-refractivity contribution is 7.18. The fourth-order valence-corrected chi connectivity index (χ4v) is 3.00. The van der Waals surface area contributed by atoms with Crippen molar-refractivity contribution in [2.75, 3.05) is 0 Å². The third kappa shape index (κ3) is 3.64. The second-order valence-electron chi connectivity index (χ2n) is 4.83. The van der Waals surface area contributed by atoms with Crippen LogP contribution in [0.4, 0.5) is 5.69 Å². The number of rotatable bonds is 5. The molecule has 0 N–H and O–H groups in total. The van der Waals surface area contributed by atoms with Crippen molar-refractivity contribution in [3.8, 4) is 0 Å². The number of thiazole rings is 1. The van der Waals surface area contributed by atoms with Crippen molar-refractivity contribution in [1.29, 1.82) is 0 Å². The van der Waals surface area contributed by atoms with Crippen LogP contribution in [-0.2, 0) is 16.1 Å². The summed E-state index contributed by atoms with van der Waals surface area (Å²) in [5.74, 6) is -0.576. The predicted octanol–water partition coefficient (Wildman–Crippen LogP) is 3.96. The molecule has 0 radical (unpaired) electrons. The Kier molecular flexibility index (Phi) is 4.62. The molecule has 0 saturated carbocycles. The van der Waals surface area contributed by atoms with Crippen molar-refractivity contribution in [3.05, 3.63) is 75.3 Å². The third-order valence-corrected chi connectivity index (χ3v) is 4.22. The molecule has 0 saturated heterocycles. The maximum Gasteiger partial charge on any atom is 0.331 e. The van der Waals surface area contributed by atoms with Crippen LogP contribution in [0.1, 0.15) is 10.6 Å². The molecule has 0 spiro atoms. The van der Waals surface area contributed by atoms with Gasteiger partial charge in [0, 0.05) is 12.1 Å². The highest BCUT2D eigenvalue weighted by atomic mass is 32.1. The molecule has 0 aliphatic carbocycles. The van der Waals surface area contributed by atoms with Gasteiger partial charge < -0.3 is 4.74 Å². The van der Waals surface area contributed by atoms with Crippen molar-refractivity contribution >= 4 is 39.3 Å². The van der Waals surface area contributed by atoms with E-state index in [1.807, 2.05) is 24.3 Å². The molecule has 2 aromatic carbocycles. The van der Waals surface area contributed by atoms with Crippen LogP contribution < -0.4 is 0 Å². The van der Waals surface area contributed by atoms with Crippen LogP contribution in [0.15, 0.2) is 54.6 Å². The first kappa shape index (κ1) is 15.8. The number of fused-ring (bicyclic) bond motifs is 1. The molecule has 0 fully saturated rings. The van der Waals surface area contributed by atoms with E-state index in [2.05, 4.69) is 4.98 Å². The largest absolute Gasteiger partial charge is 0.455 e. The Morgan fingerprint density at radius 3 is 2.75 bits per heavy atom. The van der Waals surface area contributed by atoms with Gasteiger partial charge in [0.05, 0.1) is 20.7 Å². The first-order valence-electron chi connectivity index (χ1n) is 7.06. The Bertz CT molecular complexity index is 900. The van der Waals surface area contributed by atoms with Gasteiger partial charge >= 0.3 is 5.97 Å². The predicted molar refractivity (Wildman–Crippen MR) is 91.5 cm³/mol. The summed E-state index contributed by atoms with van der Waals surface area (Å²) in [4.78, 5) is 26.6. The summed E-state index contributed by atoms with van der Waals surface area (Å²) >= 11 is 1.46. The topological polar surface area (TPSA) is 82.3 Å². The number of para-hydroxylation sites is 2. The van der Waals surface area contributed by atoms with Gasteiger partial charge in [-0.3, -0.25) is 10.1 Å². The maximum absolute atomic E-state index is 11.8. The molecule has 6 nitrogen and oxygen atoms in total. The number of hydrogen-bond donors (Lipinski definition) is 0. The zero-order valence-electron chi connectivity index (χ0n) is 12.4. The van der Waals surface area contributed by atoms with Crippen molar-refractivity contribution < 1.29 is 14.5 Å². The maximum atomic E-state index is 11.8. The lowest BCUT2D eigenvalue weighted by Gasteiger charge is -1.99. The number of carbonyl (C=O) groups excluding carboxylic acids is 1. The molecule has 0 aliphatic rings. The summed E-state index contributed by atoms with van der Waals surface area (Å²) in [6.07, 6.45) is 2.55. The first-order valence-corrected chi connectivity index (χ1v) is 7.88. The number of carbonyl (C=O) groups is 1. The highest BCUT2D eigenvalue weighted by Gasteiger charge is 2.10. The molecule has 3 rings (SSSR count). The summed E-state index contributed by atoms with van der Waals surface area (Å²) < 4.78 is 6.16. The Morgan fingerprint density at radius 1 is 1.21 bits per heavy atom. The van der Waals surface area contributed by atoms with Gasteiger partial charge in [-0.1, -0.05) is 24.3 Å².